The summed E-state index contributed by atoms with van der Waals surface area (Å²) in [5.41, 5.74) is 7.33. The maximum absolute atomic E-state index is 9.86. The lowest BCUT2D eigenvalue weighted by atomic mass is 10.0. The number of hydrogen-bond donors (Lipinski definition) is 3. The van der Waals surface area contributed by atoms with Gasteiger partial charge < -0.3 is 10.5 Å². The zero-order chi connectivity index (χ0) is 14.3. The molecule has 0 saturated heterocycles. The van der Waals surface area contributed by atoms with Gasteiger partial charge in [-0.15, -0.1) is 0 Å². The molecule has 0 unspecified atom stereocenters. The largest absolute Gasteiger partial charge is 0.507 e. The van der Waals surface area contributed by atoms with Gasteiger partial charge in [0.15, 0.2) is 5.82 Å². The van der Waals surface area contributed by atoms with E-state index in [4.69, 9.17) is 5.84 Å². The van der Waals surface area contributed by atoms with E-state index in [1.54, 1.807) is 11.8 Å². The summed E-state index contributed by atoms with van der Waals surface area (Å²) in [7, 11) is 0. The van der Waals surface area contributed by atoms with Crippen molar-refractivity contribution in [1.29, 1.82) is 0 Å². The van der Waals surface area contributed by atoms with Crippen LogP contribution in [0.15, 0.2) is 12.1 Å². The highest BCUT2D eigenvalue weighted by molar-refractivity contribution is 7.98. The van der Waals surface area contributed by atoms with E-state index >= 15 is 0 Å². The number of benzene rings is 1. The summed E-state index contributed by atoms with van der Waals surface area (Å²) >= 11 is 1.81. The molecule has 1 aliphatic heterocycles. The Hall–Kier alpha value is -1.79. The average Bonchev–Trinajstić information content (AvgIpc) is 2.91. The number of aryl methyl sites for hydroxylation is 2. The van der Waals surface area contributed by atoms with E-state index in [0.717, 1.165) is 39.5 Å². The molecule has 2 heterocycles. The first-order valence-corrected chi connectivity index (χ1v) is 7.50. The number of aromatic nitrogens is 2. The number of phenolic OH excluding ortho intramolecular Hbond substituents is 1. The fraction of sp³-hybridized carbons (Fsp3) is 0.286. The van der Waals surface area contributed by atoms with Crippen LogP contribution in [0.25, 0.3) is 11.4 Å². The summed E-state index contributed by atoms with van der Waals surface area (Å²) in [6.07, 6.45) is 0. The van der Waals surface area contributed by atoms with Crippen LogP contribution < -0.4 is 11.3 Å². The Morgan fingerprint density at radius 3 is 2.55 bits per heavy atom. The van der Waals surface area contributed by atoms with Crippen LogP contribution in [0.5, 0.6) is 5.75 Å². The first-order chi connectivity index (χ1) is 9.60. The van der Waals surface area contributed by atoms with Crippen molar-refractivity contribution in [1.82, 2.24) is 9.97 Å². The summed E-state index contributed by atoms with van der Waals surface area (Å²) in [5, 5.41) is 9.86. The minimum Gasteiger partial charge on any atom is -0.507 e. The van der Waals surface area contributed by atoms with Crippen molar-refractivity contribution in [3.8, 4) is 17.1 Å². The number of nitrogens with two attached hydrogens (primary N) is 1. The Balaban J connectivity index is 2.16. The molecular weight excluding hydrogens is 272 g/mol. The second kappa shape index (κ2) is 4.96. The molecule has 104 valence electrons. The maximum Gasteiger partial charge on any atom is 0.161 e. The second-order valence-electron chi connectivity index (χ2n) is 4.92. The molecule has 1 aromatic heterocycles. The Labute approximate surface area is 121 Å². The van der Waals surface area contributed by atoms with Crippen LogP contribution >= 0.6 is 11.8 Å². The number of phenols is 1. The minimum absolute atomic E-state index is 0.322. The van der Waals surface area contributed by atoms with Crippen molar-refractivity contribution < 1.29 is 5.11 Å². The van der Waals surface area contributed by atoms with Gasteiger partial charge in [0.1, 0.15) is 11.6 Å². The standard InChI is InChI=1S/C14H16N4OS/c1-7-3-9(4-8(2)12(7)19)13-16-11-6-20-5-10(11)14(17-13)18-15/h3-4,19H,5-6,15H2,1-2H3,(H,16,17,18). The third-order valence-electron chi connectivity index (χ3n) is 3.46. The summed E-state index contributed by atoms with van der Waals surface area (Å²) in [6, 6.07) is 3.79. The molecule has 0 spiro atoms. The van der Waals surface area contributed by atoms with Gasteiger partial charge in [0, 0.05) is 22.6 Å². The fourth-order valence-electron chi connectivity index (χ4n) is 2.38. The number of hydrazine groups is 1. The van der Waals surface area contributed by atoms with E-state index in [9.17, 15) is 5.11 Å². The molecule has 0 fully saturated rings. The highest BCUT2D eigenvalue weighted by atomic mass is 32.2. The summed E-state index contributed by atoms with van der Waals surface area (Å²) in [4.78, 5) is 9.14. The molecule has 5 nitrogen and oxygen atoms in total. The van der Waals surface area contributed by atoms with Gasteiger partial charge in [0.25, 0.3) is 0 Å². The molecule has 6 heteroatoms. The lowest BCUT2D eigenvalue weighted by Gasteiger charge is -2.11. The van der Waals surface area contributed by atoms with Crippen molar-refractivity contribution in [3.63, 3.8) is 0 Å². The van der Waals surface area contributed by atoms with Gasteiger partial charge in [0.05, 0.1) is 5.69 Å². The van der Waals surface area contributed by atoms with Crippen LogP contribution in [0.1, 0.15) is 22.4 Å². The van der Waals surface area contributed by atoms with Crippen LogP contribution in [-0.4, -0.2) is 15.1 Å². The highest BCUT2D eigenvalue weighted by Crippen LogP contribution is 2.35. The molecule has 1 aliphatic rings. The summed E-state index contributed by atoms with van der Waals surface area (Å²) in [6.45, 7) is 3.74. The number of anilines is 1. The molecular formula is C14H16N4OS. The number of nitrogens with zero attached hydrogens (tertiary/aromatic N) is 2. The zero-order valence-electron chi connectivity index (χ0n) is 11.4. The average molecular weight is 288 g/mol. The molecule has 0 amide bonds. The topological polar surface area (TPSA) is 84.1 Å². The van der Waals surface area contributed by atoms with Crippen molar-refractivity contribution in [2.75, 3.05) is 5.43 Å². The van der Waals surface area contributed by atoms with Gasteiger partial charge in [-0.05, 0) is 37.1 Å². The van der Waals surface area contributed by atoms with Crippen molar-refractivity contribution >= 4 is 17.6 Å². The Morgan fingerprint density at radius 2 is 1.90 bits per heavy atom. The lowest BCUT2D eigenvalue weighted by Crippen LogP contribution is -2.12. The number of rotatable bonds is 2. The van der Waals surface area contributed by atoms with Gasteiger partial charge in [-0.2, -0.15) is 11.8 Å². The number of hydrogen-bond acceptors (Lipinski definition) is 6. The Bertz CT molecular complexity index is 664. The van der Waals surface area contributed by atoms with Crippen LogP contribution in [0.2, 0.25) is 0 Å². The van der Waals surface area contributed by atoms with E-state index in [0.29, 0.717) is 17.4 Å². The quantitative estimate of drug-likeness (QED) is 0.581. The number of fused-ring (bicyclic) bond motifs is 1. The molecule has 20 heavy (non-hydrogen) atoms. The highest BCUT2D eigenvalue weighted by Gasteiger charge is 2.20. The SMILES string of the molecule is Cc1cc(-c2nc3c(c(NN)n2)CSC3)cc(C)c1O. The van der Waals surface area contributed by atoms with Gasteiger partial charge in [-0.3, -0.25) is 0 Å². The van der Waals surface area contributed by atoms with E-state index in [1.807, 2.05) is 26.0 Å². The summed E-state index contributed by atoms with van der Waals surface area (Å²) in [5.74, 6) is 9.00. The Kier molecular flexibility index (Phi) is 3.27. The minimum atomic E-state index is 0.322. The fourth-order valence-corrected chi connectivity index (χ4v) is 3.43. The molecule has 4 N–H and O–H groups in total. The van der Waals surface area contributed by atoms with Crippen LogP contribution in [-0.2, 0) is 11.5 Å². The van der Waals surface area contributed by atoms with E-state index in [-0.39, 0.29) is 0 Å². The summed E-state index contributed by atoms with van der Waals surface area (Å²) < 4.78 is 0. The lowest BCUT2D eigenvalue weighted by molar-refractivity contribution is 0.467. The number of nitrogen functional groups attached to an aromatic ring is 1. The third kappa shape index (κ3) is 2.10. The molecule has 0 aliphatic carbocycles. The van der Waals surface area contributed by atoms with Gasteiger partial charge >= 0.3 is 0 Å². The molecule has 3 rings (SSSR count). The predicted octanol–water partition coefficient (Wildman–Crippen LogP) is 2.50. The first-order valence-electron chi connectivity index (χ1n) is 6.35. The third-order valence-corrected chi connectivity index (χ3v) is 4.43. The molecule has 1 aromatic carbocycles. The molecule has 0 saturated carbocycles. The van der Waals surface area contributed by atoms with Crippen molar-refractivity contribution in [3.05, 3.63) is 34.5 Å². The number of aromatic hydroxyl groups is 1. The molecule has 0 atom stereocenters. The number of nitrogens with one attached hydrogen (secondary N) is 1. The normalized spacial score (nSPS) is 13.3. The molecule has 0 radical (unpaired) electrons. The van der Waals surface area contributed by atoms with Crippen LogP contribution in [0, 0.1) is 13.8 Å². The zero-order valence-corrected chi connectivity index (χ0v) is 12.2. The maximum atomic E-state index is 9.86. The van der Waals surface area contributed by atoms with E-state index < -0.39 is 0 Å². The van der Waals surface area contributed by atoms with E-state index in [1.165, 1.54) is 0 Å². The second-order valence-corrected chi connectivity index (χ2v) is 5.90. The Morgan fingerprint density at radius 1 is 1.20 bits per heavy atom. The van der Waals surface area contributed by atoms with E-state index in [2.05, 4.69) is 15.4 Å². The van der Waals surface area contributed by atoms with Gasteiger partial charge in [-0.1, -0.05) is 0 Å². The van der Waals surface area contributed by atoms with Crippen LogP contribution in [0.3, 0.4) is 0 Å². The number of thioether (sulfide) groups is 1. The smallest absolute Gasteiger partial charge is 0.161 e. The van der Waals surface area contributed by atoms with Gasteiger partial charge in [-0.25, -0.2) is 15.8 Å². The van der Waals surface area contributed by atoms with Crippen molar-refractivity contribution in [2.45, 2.75) is 25.4 Å². The molecule has 2 aromatic rings. The van der Waals surface area contributed by atoms with Crippen LogP contribution in [0.4, 0.5) is 5.82 Å². The van der Waals surface area contributed by atoms with Crippen molar-refractivity contribution in [2.24, 2.45) is 5.84 Å². The predicted molar refractivity (Wildman–Crippen MR) is 81.4 cm³/mol. The monoisotopic (exact) mass is 288 g/mol. The molecule has 0 bridgehead atoms. The van der Waals surface area contributed by atoms with Gasteiger partial charge in [0.2, 0.25) is 0 Å². The first kappa shape index (κ1) is 13.2.